The summed E-state index contributed by atoms with van der Waals surface area (Å²) >= 11 is 0. The molecule has 0 radical (unpaired) electrons. The number of benzene rings is 1. The molecular weight excluding hydrogens is 583 g/mol. The predicted molar refractivity (Wildman–Crippen MR) is 152 cm³/mol. The van der Waals surface area contributed by atoms with Crippen molar-refractivity contribution in [1.82, 2.24) is 24.6 Å². The second-order valence-electron chi connectivity index (χ2n) is 10.1. The zero-order valence-electron chi connectivity index (χ0n) is 23.6. The molecule has 5 rings (SSSR count). The van der Waals surface area contributed by atoms with Crippen LogP contribution in [0.5, 0.6) is 5.75 Å². The molecule has 4 heterocycles. The molecule has 1 unspecified atom stereocenters. The van der Waals surface area contributed by atoms with E-state index in [1.54, 1.807) is 56.5 Å². The summed E-state index contributed by atoms with van der Waals surface area (Å²) in [5, 5.41) is 27.4. The highest BCUT2D eigenvalue weighted by atomic mass is 31.2. The fraction of sp³-hybridized carbons (Fsp3) is 0.407. The van der Waals surface area contributed by atoms with Gasteiger partial charge in [0.25, 0.3) is 0 Å². The number of nitrogens with one attached hydrogen (secondary N) is 2. The van der Waals surface area contributed by atoms with E-state index < -0.39 is 50.9 Å². The van der Waals surface area contributed by atoms with Crippen molar-refractivity contribution in [3.63, 3.8) is 0 Å². The second-order valence-corrected chi connectivity index (χ2v) is 11.8. The van der Waals surface area contributed by atoms with Crippen LogP contribution in [0.4, 0.5) is 5.82 Å². The van der Waals surface area contributed by atoms with Gasteiger partial charge in [0.2, 0.25) is 0 Å². The lowest BCUT2D eigenvalue weighted by molar-refractivity contribution is -0.149. The number of hydrogen-bond donors (Lipinski definition) is 4. The third-order valence-electron chi connectivity index (χ3n) is 6.42. The van der Waals surface area contributed by atoms with Gasteiger partial charge in [-0.15, -0.1) is 0 Å². The van der Waals surface area contributed by atoms with E-state index in [1.165, 1.54) is 24.1 Å². The van der Waals surface area contributed by atoms with Crippen molar-refractivity contribution < 1.29 is 42.5 Å². The summed E-state index contributed by atoms with van der Waals surface area (Å²) in [6.45, 7) is 4.74. The van der Waals surface area contributed by atoms with Gasteiger partial charge in [0.1, 0.15) is 42.2 Å². The maximum atomic E-state index is 13.8. The number of aromatic nitrogens is 4. The first-order chi connectivity index (χ1) is 20.6. The molecule has 1 aromatic carbocycles. The molecule has 0 aliphatic carbocycles. The summed E-state index contributed by atoms with van der Waals surface area (Å²) in [6.07, 6.45) is -1.18. The number of ether oxygens (including phenoxy) is 2. The number of para-hydroxylation sites is 1. The topological polar surface area (TPSA) is 192 Å². The Kier molecular flexibility index (Phi) is 9.40. The molecule has 3 aromatic heterocycles. The number of rotatable bonds is 13. The van der Waals surface area contributed by atoms with Crippen LogP contribution < -0.4 is 14.9 Å². The molecule has 0 bridgehead atoms. The van der Waals surface area contributed by atoms with E-state index in [0.29, 0.717) is 29.3 Å². The van der Waals surface area contributed by atoms with E-state index in [2.05, 4.69) is 25.4 Å². The van der Waals surface area contributed by atoms with Crippen molar-refractivity contribution in [3.8, 4) is 5.75 Å². The Bertz CT molecular complexity index is 1550. The van der Waals surface area contributed by atoms with E-state index in [-0.39, 0.29) is 11.9 Å². The molecule has 230 valence electrons. The molecule has 43 heavy (non-hydrogen) atoms. The molecule has 15 nitrogen and oxygen atoms in total. The summed E-state index contributed by atoms with van der Waals surface area (Å²) in [4.78, 5) is 25.3. The van der Waals surface area contributed by atoms with Crippen LogP contribution in [0.1, 0.15) is 32.8 Å². The molecule has 1 fully saturated rings. The average Bonchev–Trinajstić information content (AvgIpc) is 3.71. The van der Waals surface area contributed by atoms with Crippen molar-refractivity contribution in [2.24, 2.45) is 0 Å². The van der Waals surface area contributed by atoms with Gasteiger partial charge in [0.05, 0.1) is 31.8 Å². The van der Waals surface area contributed by atoms with Crippen LogP contribution in [-0.2, 0) is 29.9 Å². The molecule has 4 N–H and O–H groups in total. The van der Waals surface area contributed by atoms with Crippen molar-refractivity contribution in [2.45, 2.75) is 64.0 Å². The lowest BCUT2D eigenvalue weighted by Gasteiger charge is -2.25. The van der Waals surface area contributed by atoms with Crippen LogP contribution in [-0.4, -0.2) is 72.8 Å². The van der Waals surface area contributed by atoms with E-state index >= 15 is 0 Å². The SMILES string of the molecule is CC(C)OC(=O)[C@H](C)NP(=O)(OC[C@H]1O[C@@H](n2cnc3c(NCc4ccco4)ncnc32)[C@H](O)[C@@H]1O)Oc1ccccc1. The van der Waals surface area contributed by atoms with Crippen LogP contribution >= 0.6 is 7.75 Å². The minimum absolute atomic E-state index is 0.217. The van der Waals surface area contributed by atoms with Gasteiger partial charge in [0.15, 0.2) is 23.2 Å². The van der Waals surface area contributed by atoms with Crippen molar-refractivity contribution in [3.05, 3.63) is 67.1 Å². The van der Waals surface area contributed by atoms with Crippen LogP contribution in [0.25, 0.3) is 11.2 Å². The Labute approximate surface area is 246 Å². The molecule has 0 saturated carbocycles. The largest absolute Gasteiger partial charge is 0.467 e. The number of nitrogens with zero attached hydrogens (tertiary/aromatic N) is 4. The van der Waals surface area contributed by atoms with Crippen molar-refractivity contribution in [2.75, 3.05) is 11.9 Å². The Morgan fingerprint density at radius 2 is 1.88 bits per heavy atom. The number of furan rings is 1. The Morgan fingerprint density at radius 3 is 2.60 bits per heavy atom. The lowest BCUT2D eigenvalue weighted by atomic mass is 10.1. The third kappa shape index (κ3) is 7.21. The summed E-state index contributed by atoms with van der Waals surface area (Å²) in [5.41, 5.74) is 0.748. The van der Waals surface area contributed by atoms with Crippen LogP contribution in [0.3, 0.4) is 0 Å². The Morgan fingerprint density at radius 1 is 1.09 bits per heavy atom. The zero-order valence-corrected chi connectivity index (χ0v) is 24.5. The summed E-state index contributed by atoms with van der Waals surface area (Å²) in [5.74, 6) is 0.689. The van der Waals surface area contributed by atoms with E-state index in [9.17, 15) is 19.6 Å². The maximum absolute atomic E-state index is 13.8. The number of carbonyl (C=O) groups excluding carboxylic acids is 1. The van der Waals surface area contributed by atoms with Crippen molar-refractivity contribution in [1.29, 1.82) is 0 Å². The summed E-state index contributed by atoms with van der Waals surface area (Å²) in [6, 6.07) is 10.8. The molecule has 1 aliphatic rings. The first kappa shape index (κ1) is 30.6. The van der Waals surface area contributed by atoms with Crippen molar-refractivity contribution >= 4 is 30.7 Å². The molecule has 1 saturated heterocycles. The van der Waals surface area contributed by atoms with Gasteiger partial charge in [-0.3, -0.25) is 13.9 Å². The van der Waals surface area contributed by atoms with Crippen LogP contribution in [0.2, 0.25) is 0 Å². The van der Waals surface area contributed by atoms with Gasteiger partial charge in [-0.25, -0.2) is 19.5 Å². The minimum Gasteiger partial charge on any atom is -0.467 e. The van der Waals surface area contributed by atoms with Gasteiger partial charge < -0.3 is 33.9 Å². The summed E-state index contributed by atoms with van der Waals surface area (Å²) < 4.78 is 43.0. The predicted octanol–water partition coefficient (Wildman–Crippen LogP) is 2.78. The van der Waals surface area contributed by atoms with Gasteiger partial charge in [0, 0.05) is 0 Å². The standard InChI is InChI=1S/C27H33N6O9P/c1-16(2)40-27(36)17(3)32-43(37,42-18-8-5-4-6-9-18)39-13-20-22(34)23(35)26(41-20)33-15-31-21-24(29-14-30-25(21)33)28-12-19-10-7-11-38-19/h4-11,14-17,20,22-23,26,34-35H,12-13H2,1-3H3,(H,32,37)(H,28,29,30)/t17-,20+,22+,23+,26+,43?/m0/s1. The highest BCUT2D eigenvalue weighted by molar-refractivity contribution is 7.52. The lowest BCUT2D eigenvalue weighted by Crippen LogP contribution is -2.38. The van der Waals surface area contributed by atoms with Gasteiger partial charge in [-0.2, -0.15) is 5.09 Å². The fourth-order valence-electron chi connectivity index (χ4n) is 4.35. The molecule has 6 atom stereocenters. The molecule has 1 aliphatic heterocycles. The normalized spacial score (nSPS) is 22.4. The molecule has 0 spiro atoms. The number of anilines is 1. The molecule has 4 aromatic rings. The van der Waals surface area contributed by atoms with Crippen LogP contribution in [0.15, 0.2) is 65.8 Å². The second kappa shape index (κ2) is 13.2. The fourth-order valence-corrected chi connectivity index (χ4v) is 5.86. The monoisotopic (exact) mass is 616 g/mol. The number of fused-ring (bicyclic) bond motifs is 1. The maximum Gasteiger partial charge on any atom is 0.459 e. The number of hydrogen-bond acceptors (Lipinski definition) is 13. The number of carbonyl (C=O) groups is 1. The van der Waals surface area contributed by atoms with Gasteiger partial charge >= 0.3 is 13.7 Å². The first-order valence-electron chi connectivity index (χ1n) is 13.6. The number of aliphatic hydroxyl groups is 2. The smallest absolute Gasteiger partial charge is 0.459 e. The summed E-state index contributed by atoms with van der Waals surface area (Å²) in [7, 11) is -4.23. The number of imidazole rings is 1. The molecule has 16 heteroatoms. The van der Waals surface area contributed by atoms with Gasteiger partial charge in [-0.05, 0) is 45.0 Å². The van der Waals surface area contributed by atoms with Gasteiger partial charge in [-0.1, -0.05) is 18.2 Å². The van der Waals surface area contributed by atoms with E-state index in [0.717, 1.165) is 0 Å². The quantitative estimate of drug-likeness (QED) is 0.127. The Balaban J connectivity index is 1.30. The average molecular weight is 617 g/mol. The van der Waals surface area contributed by atoms with Crippen LogP contribution in [0, 0.1) is 0 Å². The number of esters is 1. The highest BCUT2D eigenvalue weighted by Crippen LogP contribution is 2.46. The Hall–Kier alpha value is -3.85. The number of aliphatic hydroxyl groups excluding tert-OH is 2. The van der Waals surface area contributed by atoms with E-state index in [4.69, 9.17) is 22.9 Å². The minimum atomic E-state index is -4.23. The highest BCUT2D eigenvalue weighted by Gasteiger charge is 2.46. The first-order valence-corrected chi connectivity index (χ1v) is 15.1. The molecular formula is C27H33N6O9P. The third-order valence-corrected chi connectivity index (χ3v) is 8.06. The molecule has 0 amide bonds. The van der Waals surface area contributed by atoms with E-state index in [1.807, 2.05) is 6.07 Å². The zero-order chi connectivity index (χ0) is 30.6.